The van der Waals surface area contributed by atoms with Crippen molar-refractivity contribution in [2.75, 3.05) is 6.54 Å². The first-order valence-corrected chi connectivity index (χ1v) is 5.79. The van der Waals surface area contributed by atoms with E-state index in [1.165, 1.54) is 16.9 Å². The molecule has 0 bridgehead atoms. The summed E-state index contributed by atoms with van der Waals surface area (Å²) in [4.78, 5) is 0. The number of hydrogen-bond acceptors (Lipinski definition) is 2. The van der Waals surface area contributed by atoms with Gasteiger partial charge in [-0.25, -0.2) is 9.07 Å². The first kappa shape index (κ1) is 12.1. The molecule has 0 atom stereocenters. The van der Waals surface area contributed by atoms with Crippen LogP contribution in [0.5, 0.6) is 0 Å². The Balaban J connectivity index is 2.43. The highest BCUT2D eigenvalue weighted by Crippen LogP contribution is 2.19. The third-order valence-electron chi connectivity index (χ3n) is 2.42. The number of rotatable bonds is 4. The Morgan fingerprint density at radius 1 is 1.47 bits per heavy atom. The lowest BCUT2D eigenvalue weighted by atomic mass is 10.1. The van der Waals surface area contributed by atoms with Gasteiger partial charge in [0.2, 0.25) is 0 Å². The van der Waals surface area contributed by atoms with Crippen molar-refractivity contribution in [3.05, 3.63) is 47.0 Å². The van der Waals surface area contributed by atoms with E-state index in [9.17, 15) is 4.39 Å². The highest BCUT2D eigenvalue weighted by atomic mass is 35.5. The molecule has 1 heterocycles. The van der Waals surface area contributed by atoms with Gasteiger partial charge in [-0.15, -0.1) is 0 Å². The maximum atomic E-state index is 13.8. The quantitative estimate of drug-likeness (QED) is 0.908. The highest BCUT2D eigenvalue weighted by molar-refractivity contribution is 6.30. The summed E-state index contributed by atoms with van der Waals surface area (Å²) in [6.07, 6.45) is 3.08. The molecular formula is C12H13ClFN3. The normalized spacial score (nSPS) is 10.8. The van der Waals surface area contributed by atoms with Crippen molar-refractivity contribution in [1.82, 2.24) is 15.1 Å². The summed E-state index contributed by atoms with van der Waals surface area (Å²) in [5, 5.41) is 7.69. The third kappa shape index (κ3) is 2.65. The van der Waals surface area contributed by atoms with Gasteiger partial charge in [0, 0.05) is 12.7 Å². The molecule has 5 heteroatoms. The maximum absolute atomic E-state index is 13.8. The standard InChI is InChI=1S/C12H13ClFN3/c1-2-15-6-9-4-3-5-11(14)12(9)17-8-10(13)7-16-17/h3-5,7-8,15H,2,6H2,1H3. The van der Waals surface area contributed by atoms with E-state index >= 15 is 0 Å². The van der Waals surface area contributed by atoms with Gasteiger partial charge in [0.25, 0.3) is 0 Å². The van der Waals surface area contributed by atoms with Crippen LogP contribution >= 0.6 is 11.6 Å². The van der Waals surface area contributed by atoms with Gasteiger partial charge in [-0.3, -0.25) is 0 Å². The fourth-order valence-corrected chi connectivity index (χ4v) is 1.78. The van der Waals surface area contributed by atoms with Gasteiger partial charge in [-0.05, 0) is 18.2 Å². The minimum Gasteiger partial charge on any atom is -0.313 e. The van der Waals surface area contributed by atoms with Crippen LogP contribution in [0.4, 0.5) is 4.39 Å². The number of nitrogens with zero attached hydrogens (tertiary/aromatic N) is 2. The molecule has 0 aliphatic heterocycles. The summed E-state index contributed by atoms with van der Waals surface area (Å²) in [5.41, 5.74) is 1.30. The van der Waals surface area contributed by atoms with Crippen LogP contribution < -0.4 is 5.32 Å². The predicted octanol–water partition coefficient (Wildman–Crippen LogP) is 2.77. The van der Waals surface area contributed by atoms with Gasteiger partial charge < -0.3 is 5.32 Å². The molecule has 0 saturated heterocycles. The molecule has 0 aliphatic rings. The molecule has 0 aliphatic carbocycles. The Labute approximate surface area is 104 Å². The first-order valence-electron chi connectivity index (χ1n) is 5.41. The minimum absolute atomic E-state index is 0.305. The summed E-state index contributed by atoms with van der Waals surface area (Å²) in [7, 11) is 0. The van der Waals surface area contributed by atoms with E-state index in [0.717, 1.165) is 12.1 Å². The molecule has 1 aromatic carbocycles. The van der Waals surface area contributed by atoms with Crippen molar-refractivity contribution < 1.29 is 4.39 Å². The fraction of sp³-hybridized carbons (Fsp3) is 0.250. The molecule has 2 aromatic rings. The zero-order valence-electron chi connectivity index (χ0n) is 9.45. The Morgan fingerprint density at radius 2 is 2.29 bits per heavy atom. The van der Waals surface area contributed by atoms with Crippen LogP contribution in [0.3, 0.4) is 0 Å². The molecule has 1 N–H and O–H groups in total. The van der Waals surface area contributed by atoms with Crippen molar-refractivity contribution in [2.24, 2.45) is 0 Å². The van der Waals surface area contributed by atoms with E-state index in [1.54, 1.807) is 12.3 Å². The first-order chi connectivity index (χ1) is 8.22. The number of nitrogens with one attached hydrogen (secondary N) is 1. The number of benzene rings is 1. The average molecular weight is 254 g/mol. The summed E-state index contributed by atoms with van der Waals surface area (Å²) in [6.45, 7) is 3.43. The number of hydrogen-bond donors (Lipinski definition) is 1. The van der Waals surface area contributed by atoms with Crippen molar-refractivity contribution >= 4 is 11.6 Å². The highest BCUT2D eigenvalue weighted by Gasteiger charge is 2.11. The van der Waals surface area contributed by atoms with Crippen LogP contribution in [-0.2, 0) is 6.54 Å². The smallest absolute Gasteiger partial charge is 0.149 e. The lowest BCUT2D eigenvalue weighted by molar-refractivity contribution is 0.602. The van der Waals surface area contributed by atoms with Gasteiger partial charge in [0.05, 0.1) is 11.2 Å². The summed E-state index contributed by atoms with van der Waals surface area (Å²) >= 11 is 5.80. The SMILES string of the molecule is CCNCc1cccc(F)c1-n1cc(Cl)cn1. The second-order valence-corrected chi connectivity index (χ2v) is 4.07. The summed E-state index contributed by atoms with van der Waals surface area (Å²) in [6, 6.07) is 4.98. The van der Waals surface area contributed by atoms with E-state index in [-0.39, 0.29) is 5.82 Å². The Kier molecular flexibility index (Phi) is 3.76. The second-order valence-electron chi connectivity index (χ2n) is 3.63. The number of aromatic nitrogens is 2. The van der Waals surface area contributed by atoms with Crippen molar-refractivity contribution in [3.8, 4) is 5.69 Å². The van der Waals surface area contributed by atoms with Gasteiger partial charge in [-0.2, -0.15) is 5.10 Å². The lowest BCUT2D eigenvalue weighted by Crippen LogP contribution is -2.15. The molecule has 0 saturated carbocycles. The molecule has 0 unspecified atom stereocenters. The van der Waals surface area contributed by atoms with E-state index in [4.69, 9.17) is 11.6 Å². The topological polar surface area (TPSA) is 29.9 Å². The average Bonchev–Trinajstić information content (AvgIpc) is 2.73. The summed E-state index contributed by atoms with van der Waals surface area (Å²) < 4.78 is 15.3. The molecule has 3 nitrogen and oxygen atoms in total. The van der Waals surface area contributed by atoms with Crippen LogP contribution in [0.1, 0.15) is 12.5 Å². The van der Waals surface area contributed by atoms with Crippen molar-refractivity contribution in [1.29, 1.82) is 0 Å². The monoisotopic (exact) mass is 253 g/mol. The summed E-state index contributed by atoms with van der Waals surface area (Å²) in [5.74, 6) is -0.305. The molecule has 0 amide bonds. The largest absolute Gasteiger partial charge is 0.313 e. The van der Waals surface area contributed by atoms with Crippen LogP contribution in [0, 0.1) is 5.82 Å². The predicted molar refractivity (Wildman–Crippen MR) is 65.9 cm³/mol. The Hall–Kier alpha value is -1.39. The molecule has 0 radical (unpaired) electrons. The molecule has 2 rings (SSSR count). The Bertz CT molecular complexity index is 510. The van der Waals surface area contributed by atoms with Gasteiger partial charge in [0.1, 0.15) is 11.5 Å². The molecule has 90 valence electrons. The second kappa shape index (κ2) is 5.29. The van der Waals surface area contributed by atoms with Crippen LogP contribution in [0.2, 0.25) is 5.02 Å². The number of para-hydroxylation sites is 1. The number of halogens is 2. The van der Waals surface area contributed by atoms with Crippen LogP contribution in [-0.4, -0.2) is 16.3 Å². The minimum atomic E-state index is -0.305. The molecular weight excluding hydrogens is 241 g/mol. The Morgan fingerprint density at radius 3 is 2.94 bits per heavy atom. The molecule has 17 heavy (non-hydrogen) atoms. The molecule has 0 spiro atoms. The van der Waals surface area contributed by atoms with Crippen LogP contribution in [0.25, 0.3) is 5.69 Å². The van der Waals surface area contributed by atoms with E-state index in [1.807, 2.05) is 13.0 Å². The van der Waals surface area contributed by atoms with Crippen LogP contribution in [0.15, 0.2) is 30.6 Å². The zero-order valence-corrected chi connectivity index (χ0v) is 10.2. The maximum Gasteiger partial charge on any atom is 0.149 e. The van der Waals surface area contributed by atoms with E-state index in [2.05, 4.69) is 10.4 Å². The van der Waals surface area contributed by atoms with E-state index < -0.39 is 0 Å². The zero-order chi connectivity index (χ0) is 12.3. The van der Waals surface area contributed by atoms with Gasteiger partial charge >= 0.3 is 0 Å². The van der Waals surface area contributed by atoms with E-state index in [0.29, 0.717) is 17.3 Å². The molecule has 1 aromatic heterocycles. The van der Waals surface area contributed by atoms with Gasteiger partial charge in [-0.1, -0.05) is 30.7 Å². The van der Waals surface area contributed by atoms with Gasteiger partial charge in [0.15, 0.2) is 0 Å². The molecule has 0 fully saturated rings. The fourth-order valence-electron chi connectivity index (χ4n) is 1.64. The lowest BCUT2D eigenvalue weighted by Gasteiger charge is -2.10. The van der Waals surface area contributed by atoms with Crippen molar-refractivity contribution in [2.45, 2.75) is 13.5 Å². The third-order valence-corrected chi connectivity index (χ3v) is 2.61. The van der Waals surface area contributed by atoms with Crippen molar-refractivity contribution in [3.63, 3.8) is 0 Å².